The summed E-state index contributed by atoms with van der Waals surface area (Å²) in [4.78, 5) is 27.3. The third-order valence-corrected chi connectivity index (χ3v) is 8.20. The lowest BCUT2D eigenvalue weighted by Gasteiger charge is -2.36. The summed E-state index contributed by atoms with van der Waals surface area (Å²) in [6.07, 6.45) is -9.16. The number of hydrogen-bond donors (Lipinski definition) is 4. The topological polar surface area (TPSA) is 118 Å². The Balaban J connectivity index is 1.65. The highest BCUT2D eigenvalue weighted by Gasteiger charge is 2.55. The van der Waals surface area contributed by atoms with E-state index in [1.165, 1.54) is 6.07 Å². The number of halogens is 6. The maximum atomic E-state index is 13.6. The number of aliphatic hydroxyl groups excluding tert-OH is 3. The number of allylic oxidation sites excluding steroid dienone is 1. The fraction of sp³-hybridized carbons (Fsp3) is 0.419. The molecule has 2 aliphatic rings. The van der Waals surface area contributed by atoms with Gasteiger partial charge < -0.3 is 20.4 Å². The number of rotatable bonds is 9. The van der Waals surface area contributed by atoms with Crippen molar-refractivity contribution in [3.05, 3.63) is 75.9 Å². The molecule has 0 bridgehead atoms. The molecule has 1 fully saturated rings. The van der Waals surface area contributed by atoms with Gasteiger partial charge in [-0.05, 0) is 72.7 Å². The summed E-state index contributed by atoms with van der Waals surface area (Å²) >= 11 is 0. The van der Waals surface area contributed by atoms with Crippen LogP contribution in [-0.2, 0) is 21.9 Å². The van der Waals surface area contributed by atoms with E-state index >= 15 is 0 Å². The predicted molar refractivity (Wildman–Crippen MR) is 147 cm³/mol. The van der Waals surface area contributed by atoms with E-state index in [9.17, 15) is 56.4 Å². The molecule has 0 unspecified atom stereocenters. The minimum atomic E-state index is -5.21. The second-order valence-corrected chi connectivity index (χ2v) is 10.9. The molecule has 4 rings (SSSR count). The van der Waals surface area contributed by atoms with Crippen LogP contribution in [0.3, 0.4) is 0 Å². The van der Waals surface area contributed by atoms with Gasteiger partial charge in [0.25, 0.3) is 0 Å². The van der Waals surface area contributed by atoms with E-state index < -0.39 is 78.1 Å². The number of hydrogen-bond acceptors (Lipinski definition) is 6. The summed E-state index contributed by atoms with van der Waals surface area (Å²) < 4.78 is 81.0. The van der Waals surface area contributed by atoms with Crippen LogP contribution in [0.5, 0.6) is 5.75 Å². The van der Waals surface area contributed by atoms with Gasteiger partial charge in [0, 0.05) is 5.92 Å². The van der Waals surface area contributed by atoms with Crippen molar-refractivity contribution in [2.75, 3.05) is 18.1 Å². The van der Waals surface area contributed by atoms with Gasteiger partial charge in [-0.2, -0.15) is 26.3 Å². The zero-order valence-electron chi connectivity index (χ0n) is 23.5. The molecule has 238 valence electrons. The smallest absolute Gasteiger partial charge is 0.416 e. The molecule has 7 nitrogen and oxygen atoms in total. The average Bonchev–Trinajstić information content (AvgIpc) is 3.21. The zero-order chi connectivity index (χ0) is 32.6. The number of aliphatic hydroxyl groups is 3. The molecule has 1 heterocycles. The van der Waals surface area contributed by atoms with Gasteiger partial charge in [0.1, 0.15) is 5.75 Å². The molecule has 2 amide bonds. The fourth-order valence-corrected chi connectivity index (χ4v) is 6.11. The summed E-state index contributed by atoms with van der Waals surface area (Å²) in [5, 5.41) is 41.4. The molecule has 1 saturated heterocycles. The van der Waals surface area contributed by atoms with Crippen molar-refractivity contribution in [2.45, 2.75) is 51.1 Å². The van der Waals surface area contributed by atoms with Crippen molar-refractivity contribution >= 4 is 23.6 Å². The van der Waals surface area contributed by atoms with Gasteiger partial charge in [-0.15, -0.1) is 0 Å². The first-order valence-corrected chi connectivity index (χ1v) is 13.9. The largest absolute Gasteiger partial charge is 0.508 e. The normalized spacial score (nSPS) is 22.1. The summed E-state index contributed by atoms with van der Waals surface area (Å²) in [7, 11) is 0. The molecule has 1 aliphatic heterocycles. The van der Waals surface area contributed by atoms with Crippen molar-refractivity contribution < 1.29 is 56.4 Å². The molecule has 0 radical (unpaired) electrons. The van der Waals surface area contributed by atoms with E-state index in [1.54, 1.807) is 18.2 Å². The summed E-state index contributed by atoms with van der Waals surface area (Å²) in [5.74, 6) is -5.98. The van der Waals surface area contributed by atoms with Crippen LogP contribution in [0.25, 0.3) is 6.08 Å². The van der Waals surface area contributed by atoms with Crippen molar-refractivity contribution in [3.63, 3.8) is 0 Å². The lowest BCUT2D eigenvalue weighted by atomic mass is 9.68. The molecular formula is C31H31F6NO6. The molecule has 2 aromatic rings. The van der Waals surface area contributed by atoms with Gasteiger partial charge in [-0.25, -0.2) is 4.90 Å². The van der Waals surface area contributed by atoms with Crippen LogP contribution in [0.4, 0.5) is 32.0 Å². The minimum Gasteiger partial charge on any atom is -0.508 e. The van der Waals surface area contributed by atoms with E-state index in [0.29, 0.717) is 12.8 Å². The molecule has 1 aliphatic carbocycles. The van der Waals surface area contributed by atoms with Crippen molar-refractivity contribution in [3.8, 4) is 5.75 Å². The highest BCUT2D eigenvalue weighted by molar-refractivity contribution is 6.22. The Hall–Kier alpha value is -3.68. The number of aromatic hydroxyl groups is 1. The van der Waals surface area contributed by atoms with Crippen molar-refractivity contribution in [2.24, 2.45) is 17.8 Å². The number of nitrogens with zero attached hydrogens (tertiary/aromatic N) is 1. The minimum absolute atomic E-state index is 0.0686. The molecule has 4 atom stereocenters. The third-order valence-electron chi connectivity index (χ3n) is 8.20. The van der Waals surface area contributed by atoms with Crippen LogP contribution in [0, 0.1) is 17.8 Å². The predicted octanol–water partition coefficient (Wildman–Crippen LogP) is 5.47. The maximum Gasteiger partial charge on any atom is 0.416 e. The maximum absolute atomic E-state index is 13.6. The molecule has 13 heteroatoms. The number of phenolic OH excluding ortho intramolecular Hbond substituents is 1. The number of amides is 2. The second kappa shape index (κ2) is 12.7. The Labute approximate surface area is 248 Å². The Morgan fingerprint density at radius 1 is 1.00 bits per heavy atom. The van der Waals surface area contributed by atoms with E-state index in [0.717, 1.165) is 11.1 Å². The third kappa shape index (κ3) is 6.69. The lowest BCUT2D eigenvalue weighted by Crippen LogP contribution is -2.39. The number of alkyl halides is 6. The molecule has 2 aromatic carbocycles. The number of benzene rings is 2. The zero-order valence-corrected chi connectivity index (χ0v) is 23.5. The van der Waals surface area contributed by atoms with E-state index in [-0.39, 0.29) is 52.8 Å². The highest BCUT2D eigenvalue weighted by atomic mass is 19.4. The van der Waals surface area contributed by atoms with E-state index in [4.69, 9.17) is 0 Å². The van der Waals surface area contributed by atoms with Gasteiger partial charge in [0.05, 0.1) is 48.0 Å². The number of fused-ring (bicyclic) bond motifs is 1. The first-order valence-electron chi connectivity index (χ1n) is 13.9. The Morgan fingerprint density at radius 3 is 2.16 bits per heavy atom. The molecule has 0 spiro atoms. The first kappa shape index (κ1) is 33.2. The quantitative estimate of drug-likeness (QED) is 0.166. The van der Waals surface area contributed by atoms with E-state index in [1.807, 2.05) is 13.0 Å². The van der Waals surface area contributed by atoms with Crippen LogP contribution in [0.2, 0.25) is 0 Å². The second-order valence-electron chi connectivity index (χ2n) is 10.9. The van der Waals surface area contributed by atoms with Gasteiger partial charge in [-0.3, -0.25) is 9.59 Å². The van der Waals surface area contributed by atoms with Crippen LogP contribution in [0.15, 0.2) is 59.2 Å². The fourth-order valence-electron chi connectivity index (χ4n) is 6.11. The van der Waals surface area contributed by atoms with Gasteiger partial charge in [-0.1, -0.05) is 30.7 Å². The summed E-state index contributed by atoms with van der Waals surface area (Å²) in [6.45, 7) is 0.450. The van der Waals surface area contributed by atoms with Gasteiger partial charge in [0.15, 0.2) is 0 Å². The molecule has 44 heavy (non-hydrogen) atoms. The Bertz CT molecular complexity index is 1450. The van der Waals surface area contributed by atoms with Crippen LogP contribution in [-0.4, -0.2) is 51.6 Å². The van der Waals surface area contributed by atoms with Gasteiger partial charge in [0.2, 0.25) is 11.8 Å². The summed E-state index contributed by atoms with van der Waals surface area (Å²) in [5.41, 5.74) is -2.43. The lowest BCUT2D eigenvalue weighted by molar-refractivity contribution is -0.143. The molecule has 4 N–H and O–H groups in total. The molecule has 0 aromatic heterocycles. The SMILES string of the molecule is CC/C(=C\c1cccc(O)c1)CC[C@@H](O)C1=C(CO)C[C@H]2C(=O)N(c3cc(C(F)(F)F)cc(C(F)(F)F)c3)C(=O)[C@H]2[C@H]1CO. The standard InChI is InChI=1S/C31H31F6NO6/c1-2-16(8-17-4-3-5-22(41)9-17)6-7-25(42)26-18(14-39)10-23-27(24(26)15-40)29(44)38(28(23)43)21-12-19(30(32,33)34)11-20(13-21)31(35,36)37/h3-5,8-9,11-13,23-25,27,39-42H,2,6-7,10,14-15H2,1H3/b16-8+/t23-,24+,25-,27-/m1/s1. The monoisotopic (exact) mass is 627 g/mol. The number of phenols is 1. The van der Waals surface area contributed by atoms with Crippen molar-refractivity contribution in [1.82, 2.24) is 0 Å². The van der Waals surface area contributed by atoms with Gasteiger partial charge >= 0.3 is 12.4 Å². The summed E-state index contributed by atoms with van der Waals surface area (Å²) in [6, 6.07) is 6.97. The first-order chi connectivity index (χ1) is 20.6. The van der Waals surface area contributed by atoms with Crippen LogP contribution >= 0.6 is 0 Å². The number of anilines is 1. The Kier molecular flexibility index (Phi) is 9.62. The van der Waals surface area contributed by atoms with E-state index in [2.05, 4.69) is 0 Å². The molecule has 0 saturated carbocycles. The molecular weight excluding hydrogens is 596 g/mol. The number of carbonyl (C=O) groups excluding carboxylic acids is 2. The highest BCUT2D eigenvalue weighted by Crippen LogP contribution is 2.48. The number of carbonyl (C=O) groups is 2. The van der Waals surface area contributed by atoms with Crippen LogP contribution in [0.1, 0.15) is 49.3 Å². The van der Waals surface area contributed by atoms with Crippen molar-refractivity contribution in [1.29, 1.82) is 0 Å². The Morgan fingerprint density at radius 2 is 1.64 bits per heavy atom. The number of imide groups is 1. The van der Waals surface area contributed by atoms with Crippen LogP contribution < -0.4 is 4.90 Å². The average molecular weight is 628 g/mol.